The Labute approximate surface area is 99.9 Å². The van der Waals surface area contributed by atoms with Crippen LogP contribution in [0.3, 0.4) is 0 Å². The van der Waals surface area contributed by atoms with E-state index in [2.05, 4.69) is 5.32 Å². The predicted molar refractivity (Wildman–Crippen MR) is 64.2 cm³/mol. The van der Waals surface area contributed by atoms with E-state index in [1.807, 2.05) is 0 Å². The number of carbonyl (C=O) groups is 1. The summed E-state index contributed by atoms with van der Waals surface area (Å²) >= 11 is 1.37. The summed E-state index contributed by atoms with van der Waals surface area (Å²) in [5.41, 5.74) is 0. The van der Waals surface area contributed by atoms with Gasteiger partial charge < -0.3 is 10.4 Å². The zero-order chi connectivity index (χ0) is 12.2. The zero-order valence-corrected chi connectivity index (χ0v) is 10.8. The van der Waals surface area contributed by atoms with Crippen molar-refractivity contribution in [3.8, 4) is 0 Å². The molecule has 0 aliphatic carbocycles. The smallest absolute Gasteiger partial charge is 0.230 e. The molecule has 0 aromatic heterocycles. The molecule has 1 aliphatic rings. The summed E-state index contributed by atoms with van der Waals surface area (Å²) in [5, 5.41) is 11.6. The van der Waals surface area contributed by atoms with E-state index in [9.17, 15) is 13.2 Å². The quantitative estimate of drug-likeness (QED) is 0.695. The second kappa shape index (κ2) is 5.88. The summed E-state index contributed by atoms with van der Waals surface area (Å²) in [6, 6.07) is 0. The molecule has 0 radical (unpaired) electrons. The lowest BCUT2D eigenvalue weighted by molar-refractivity contribution is -0.118. The highest BCUT2D eigenvalue weighted by Gasteiger charge is 2.28. The lowest BCUT2D eigenvalue weighted by Gasteiger charge is -2.09. The van der Waals surface area contributed by atoms with Crippen LogP contribution in [0, 0.1) is 0 Å². The number of thioether (sulfide) groups is 1. The molecule has 94 valence electrons. The molecular formula is C9H17NO4S2. The van der Waals surface area contributed by atoms with Crippen molar-refractivity contribution in [3.05, 3.63) is 0 Å². The van der Waals surface area contributed by atoms with E-state index >= 15 is 0 Å². The van der Waals surface area contributed by atoms with E-state index in [-0.39, 0.29) is 35.0 Å². The predicted octanol–water partition coefficient (Wildman–Crippen LogP) is -0.596. The number of hydrogen-bond donors (Lipinski definition) is 2. The van der Waals surface area contributed by atoms with Gasteiger partial charge >= 0.3 is 0 Å². The third kappa shape index (κ3) is 5.18. The third-order valence-corrected chi connectivity index (χ3v) is 5.52. The number of sulfone groups is 1. The first kappa shape index (κ1) is 13.8. The minimum absolute atomic E-state index is 0.0438. The van der Waals surface area contributed by atoms with Gasteiger partial charge in [-0.1, -0.05) is 0 Å². The molecule has 1 amide bonds. The maximum absolute atomic E-state index is 11.3. The van der Waals surface area contributed by atoms with Gasteiger partial charge in [-0.2, -0.15) is 0 Å². The van der Waals surface area contributed by atoms with Crippen molar-refractivity contribution in [2.75, 3.05) is 23.8 Å². The van der Waals surface area contributed by atoms with Crippen LogP contribution in [0.2, 0.25) is 0 Å². The molecular weight excluding hydrogens is 250 g/mol. The van der Waals surface area contributed by atoms with Gasteiger partial charge in [-0.3, -0.25) is 4.79 Å². The number of hydrogen-bond acceptors (Lipinski definition) is 5. The van der Waals surface area contributed by atoms with Crippen molar-refractivity contribution in [2.45, 2.75) is 24.7 Å². The van der Waals surface area contributed by atoms with Crippen molar-refractivity contribution in [1.82, 2.24) is 5.32 Å². The number of aliphatic hydroxyl groups excluding tert-OH is 1. The van der Waals surface area contributed by atoms with Crippen LogP contribution in [0.1, 0.15) is 13.3 Å². The Kier molecular flexibility index (Phi) is 5.07. The van der Waals surface area contributed by atoms with Crippen LogP contribution in [-0.2, 0) is 14.6 Å². The summed E-state index contributed by atoms with van der Waals surface area (Å²) < 4.78 is 22.3. The fourth-order valence-electron chi connectivity index (χ4n) is 1.40. The van der Waals surface area contributed by atoms with Crippen LogP contribution in [0.15, 0.2) is 0 Å². The molecule has 5 nitrogen and oxygen atoms in total. The summed E-state index contributed by atoms with van der Waals surface area (Å²) in [7, 11) is -2.86. The van der Waals surface area contributed by atoms with Crippen molar-refractivity contribution in [2.24, 2.45) is 0 Å². The van der Waals surface area contributed by atoms with E-state index in [0.29, 0.717) is 6.42 Å². The van der Waals surface area contributed by atoms with E-state index in [0.717, 1.165) is 0 Å². The molecule has 1 rings (SSSR count). The Hall–Kier alpha value is -0.270. The molecule has 0 aromatic rings. The van der Waals surface area contributed by atoms with Gasteiger partial charge in [-0.15, -0.1) is 11.8 Å². The van der Waals surface area contributed by atoms with Gasteiger partial charge in [0, 0.05) is 11.8 Å². The normalized spacial score (nSPS) is 25.2. The van der Waals surface area contributed by atoms with E-state index in [1.165, 1.54) is 11.8 Å². The standard InChI is InChI=1S/C9H17NO4S2/c1-7(11)4-10-9(12)5-15-8-2-3-16(13,14)6-8/h7-8,11H,2-6H2,1H3,(H,10,12). The highest BCUT2D eigenvalue weighted by Crippen LogP contribution is 2.23. The highest BCUT2D eigenvalue weighted by molar-refractivity contribution is 8.02. The van der Waals surface area contributed by atoms with Gasteiger partial charge in [0.1, 0.15) is 0 Å². The van der Waals surface area contributed by atoms with Crippen molar-refractivity contribution in [3.63, 3.8) is 0 Å². The summed E-state index contributed by atoms with van der Waals surface area (Å²) in [6.45, 7) is 1.83. The van der Waals surface area contributed by atoms with Gasteiger partial charge in [0.25, 0.3) is 0 Å². The zero-order valence-electron chi connectivity index (χ0n) is 9.18. The molecule has 1 aliphatic heterocycles. The van der Waals surface area contributed by atoms with Crippen LogP contribution < -0.4 is 5.32 Å². The van der Waals surface area contributed by atoms with Crippen LogP contribution in [0.4, 0.5) is 0 Å². The molecule has 0 saturated carbocycles. The second-order valence-electron chi connectivity index (χ2n) is 3.99. The molecule has 7 heteroatoms. The fourth-order valence-corrected chi connectivity index (χ4v) is 4.87. The number of rotatable bonds is 5. The third-order valence-electron chi connectivity index (χ3n) is 2.24. The van der Waals surface area contributed by atoms with Crippen LogP contribution in [-0.4, -0.2) is 54.6 Å². The number of aliphatic hydroxyl groups is 1. The Balaban J connectivity index is 2.18. The Morgan fingerprint density at radius 2 is 2.31 bits per heavy atom. The molecule has 2 N–H and O–H groups in total. The molecule has 2 atom stereocenters. The first-order valence-electron chi connectivity index (χ1n) is 5.16. The lowest BCUT2D eigenvalue weighted by atomic mass is 10.4. The number of carbonyl (C=O) groups excluding carboxylic acids is 1. The van der Waals surface area contributed by atoms with Crippen molar-refractivity contribution >= 4 is 27.5 Å². The summed E-state index contributed by atoms with van der Waals surface area (Å²) in [5.74, 6) is 0.518. The minimum atomic E-state index is -2.86. The largest absolute Gasteiger partial charge is 0.392 e. The SMILES string of the molecule is CC(O)CNC(=O)CSC1CCS(=O)(=O)C1. The van der Waals surface area contributed by atoms with Gasteiger partial charge in [0.05, 0.1) is 23.4 Å². The molecule has 1 heterocycles. The van der Waals surface area contributed by atoms with E-state index < -0.39 is 15.9 Å². The molecule has 16 heavy (non-hydrogen) atoms. The van der Waals surface area contributed by atoms with E-state index in [1.54, 1.807) is 6.92 Å². The number of amides is 1. The maximum atomic E-state index is 11.3. The summed E-state index contributed by atoms with van der Waals surface area (Å²) in [6.07, 6.45) is 0.0808. The van der Waals surface area contributed by atoms with Gasteiger partial charge in [-0.25, -0.2) is 8.42 Å². The summed E-state index contributed by atoms with van der Waals surface area (Å²) in [4.78, 5) is 11.3. The van der Waals surface area contributed by atoms with Gasteiger partial charge in [0.15, 0.2) is 9.84 Å². The Bertz CT molecular complexity index is 339. The van der Waals surface area contributed by atoms with Crippen molar-refractivity contribution < 1.29 is 18.3 Å². The van der Waals surface area contributed by atoms with Gasteiger partial charge in [0.2, 0.25) is 5.91 Å². The molecule has 2 unspecified atom stereocenters. The van der Waals surface area contributed by atoms with Crippen LogP contribution >= 0.6 is 11.8 Å². The maximum Gasteiger partial charge on any atom is 0.230 e. The average molecular weight is 267 g/mol. The Morgan fingerprint density at radius 3 is 2.81 bits per heavy atom. The van der Waals surface area contributed by atoms with Gasteiger partial charge in [-0.05, 0) is 13.3 Å². The monoisotopic (exact) mass is 267 g/mol. The Morgan fingerprint density at radius 1 is 1.62 bits per heavy atom. The molecule has 0 aromatic carbocycles. The molecule has 1 saturated heterocycles. The number of nitrogens with one attached hydrogen (secondary N) is 1. The first-order valence-corrected chi connectivity index (χ1v) is 8.03. The molecule has 0 bridgehead atoms. The van der Waals surface area contributed by atoms with Crippen molar-refractivity contribution in [1.29, 1.82) is 0 Å². The molecule has 0 spiro atoms. The first-order chi connectivity index (χ1) is 7.39. The van der Waals surface area contributed by atoms with Crippen LogP contribution in [0.25, 0.3) is 0 Å². The fraction of sp³-hybridized carbons (Fsp3) is 0.889. The minimum Gasteiger partial charge on any atom is -0.392 e. The van der Waals surface area contributed by atoms with Crippen LogP contribution in [0.5, 0.6) is 0 Å². The lowest BCUT2D eigenvalue weighted by Crippen LogP contribution is -2.32. The highest BCUT2D eigenvalue weighted by atomic mass is 32.2. The average Bonchev–Trinajstić information content (AvgIpc) is 2.52. The van der Waals surface area contributed by atoms with E-state index in [4.69, 9.17) is 5.11 Å². The molecule has 1 fully saturated rings. The second-order valence-corrected chi connectivity index (χ2v) is 7.51. The topological polar surface area (TPSA) is 83.5 Å².